The van der Waals surface area contributed by atoms with Crippen molar-refractivity contribution in [2.24, 2.45) is 0 Å². The Hall–Kier alpha value is -1.33. The van der Waals surface area contributed by atoms with Gasteiger partial charge in [-0.15, -0.1) is 0 Å². The Morgan fingerprint density at radius 1 is 1.50 bits per heavy atom. The first-order chi connectivity index (χ1) is 8.58. The molecule has 0 atom stereocenters. The topological polar surface area (TPSA) is 50.9 Å². The second-order valence-corrected chi connectivity index (χ2v) is 5.42. The molecule has 0 spiro atoms. The smallest absolute Gasteiger partial charge is 0.320 e. The van der Waals surface area contributed by atoms with Gasteiger partial charge in [0.25, 0.3) is 0 Å². The molecule has 0 radical (unpaired) electrons. The van der Waals surface area contributed by atoms with Crippen LogP contribution in [0.25, 0.3) is 5.52 Å². The molecule has 1 aliphatic heterocycles. The predicted octanol–water partition coefficient (Wildman–Crippen LogP) is 2.36. The second-order valence-electron chi connectivity index (χ2n) is 4.62. The second kappa shape index (κ2) is 3.83. The quantitative estimate of drug-likeness (QED) is 0.926. The highest BCUT2D eigenvalue weighted by Gasteiger charge is 2.51. The van der Waals surface area contributed by atoms with E-state index in [2.05, 4.69) is 15.9 Å². The lowest BCUT2D eigenvalue weighted by molar-refractivity contribution is -0.163. The molecule has 94 valence electrons. The molecular formula is C13H12BrNO3. The zero-order chi connectivity index (χ0) is 12.9. The molecule has 3 heterocycles. The van der Waals surface area contributed by atoms with E-state index in [0.29, 0.717) is 0 Å². The molecule has 1 N–H and O–H groups in total. The standard InChI is InChI=1S/C13H12BrNO3/c1-8-10(14)9-4-2-3-5-15(9)11(8)13(12(16)17)6-18-7-13/h2-5H,6-7H2,1H3,(H,16,17). The third-order valence-electron chi connectivity index (χ3n) is 3.57. The molecular weight excluding hydrogens is 298 g/mol. The van der Waals surface area contributed by atoms with Crippen LogP contribution in [0.3, 0.4) is 0 Å². The number of fused-ring (bicyclic) bond motifs is 1. The number of halogens is 1. The van der Waals surface area contributed by atoms with Crippen LogP contribution in [0.5, 0.6) is 0 Å². The number of pyridine rings is 1. The number of carbonyl (C=O) groups is 1. The van der Waals surface area contributed by atoms with Gasteiger partial charge >= 0.3 is 5.97 Å². The first-order valence-corrected chi connectivity index (χ1v) is 6.44. The molecule has 0 aromatic carbocycles. The van der Waals surface area contributed by atoms with E-state index in [1.54, 1.807) is 0 Å². The molecule has 18 heavy (non-hydrogen) atoms. The number of aromatic nitrogens is 1. The van der Waals surface area contributed by atoms with Crippen molar-refractivity contribution in [2.45, 2.75) is 12.3 Å². The van der Waals surface area contributed by atoms with Crippen LogP contribution in [0.1, 0.15) is 11.3 Å². The van der Waals surface area contributed by atoms with Crippen LogP contribution in [0, 0.1) is 6.92 Å². The summed E-state index contributed by atoms with van der Waals surface area (Å²) >= 11 is 3.54. The van der Waals surface area contributed by atoms with E-state index in [-0.39, 0.29) is 13.2 Å². The summed E-state index contributed by atoms with van der Waals surface area (Å²) in [5.41, 5.74) is 1.84. The maximum atomic E-state index is 11.6. The third-order valence-corrected chi connectivity index (χ3v) is 4.57. The molecule has 2 aromatic rings. The number of hydrogen-bond acceptors (Lipinski definition) is 2. The minimum absolute atomic E-state index is 0.233. The van der Waals surface area contributed by atoms with E-state index in [1.807, 2.05) is 35.7 Å². The molecule has 1 fully saturated rings. The largest absolute Gasteiger partial charge is 0.480 e. The number of rotatable bonds is 2. The van der Waals surface area contributed by atoms with E-state index in [1.165, 1.54) is 0 Å². The van der Waals surface area contributed by atoms with Crippen LogP contribution in [-0.4, -0.2) is 28.7 Å². The zero-order valence-corrected chi connectivity index (χ0v) is 11.4. The lowest BCUT2D eigenvalue weighted by atomic mass is 9.81. The zero-order valence-electron chi connectivity index (χ0n) is 9.81. The predicted molar refractivity (Wildman–Crippen MR) is 70.0 cm³/mol. The average molecular weight is 310 g/mol. The molecule has 0 bridgehead atoms. The fourth-order valence-electron chi connectivity index (χ4n) is 2.55. The van der Waals surface area contributed by atoms with Gasteiger partial charge < -0.3 is 14.2 Å². The van der Waals surface area contributed by atoms with Crippen LogP contribution in [0.15, 0.2) is 28.9 Å². The van der Waals surface area contributed by atoms with Crippen molar-refractivity contribution in [3.05, 3.63) is 40.1 Å². The normalized spacial score (nSPS) is 17.7. The molecule has 1 aliphatic rings. The van der Waals surface area contributed by atoms with Crippen molar-refractivity contribution in [3.8, 4) is 0 Å². The van der Waals surface area contributed by atoms with Crippen molar-refractivity contribution < 1.29 is 14.6 Å². The number of carboxylic acids is 1. The summed E-state index contributed by atoms with van der Waals surface area (Å²) in [6, 6.07) is 5.81. The number of carboxylic acid groups (broad SMARTS) is 1. The fourth-order valence-corrected chi connectivity index (χ4v) is 3.06. The monoisotopic (exact) mass is 309 g/mol. The average Bonchev–Trinajstić information content (AvgIpc) is 2.54. The molecule has 0 unspecified atom stereocenters. The van der Waals surface area contributed by atoms with Gasteiger partial charge in [0.15, 0.2) is 5.41 Å². The van der Waals surface area contributed by atoms with Gasteiger partial charge in [-0.3, -0.25) is 4.79 Å². The van der Waals surface area contributed by atoms with E-state index in [4.69, 9.17) is 4.74 Å². The summed E-state index contributed by atoms with van der Waals surface area (Å²) in [5.74, 6) is -0.826. The lowest BCUT2D eigenvalue weighted by Crippen LogP contribution is -2.54. The van der Waals surface area contributed by atoms with Crippen LogP contribution in [-0.2, 0) is 14.9 Å². The first-order valence-electron chi connectivity index (χ1n) is 5.65. The van der Waals surface area contributed by atoms with Gasteiger partial charge in [-0.25, -0.2) is 0 Å². The molecule has 0 saturated carbocycles. The Labute approximate surface area is 112 Å². The van der Waals surface area contributed by atoms with Gasteiger partial charge in [0, 0.05) is 16.4 Å². The maximum absolute atomic E-state index is 11.6. The van der Waals surface area contributed by atoms with Gasteiger partial charge in [-0.05, 0) is 40.5 Å². The van der Waals surface area contributed by atoms with E-state index in [9.17, 15) is 9.90 Å². The van der Waals surface area contributed by atoms with Gasteiger partial charge in [-0.2, -0.15) is 0 Å². The van der Waals surface area contributed by atoms with Crippen LogP contribution in [0.2, 0.25) is 0 Å². The van der Waals surface area contributed by atoms with Gasteiger partial charge in [-0.1, -0.05) is 6.07 Å². The highest BCUT2D eigenvalue weighted by molar-refractivity contribution is 9.10. The summed E-state index contributed by atoms with van der Waals surface area (Å²) in [7, 11) is 0. The molecule has 1 saturated heterocycles. The van der Waals surface area contributed by atoms with E-state index < -0.39 is 11.4 Å². The number of hydrogen-bond donors (Lipinski definition) is 1. The summed E-state index contributed by atoms with van der Waals surface area (Å²) in [4.78, 5) is 11.6. The highest BCUT2D eigenvalue weighted by atomic mass is 79.9. The van der Waals surface area contributed by atoms with Crippen molar-refractivity contribution in [3.63, 3.8) is 0 Å². The summed E-state index contributed by atoms with van der Waals surface area (Å²) < 4.78 is 8.05. The molecule has 2 aromatic heterocycles. The summed E-state index contributed by atoms with van der Waals surface area (Å²) in [5, 5.41) is 9.52. The lowest BCUT2D eigenvalue weighted by Gasteiger charge is -2.37. The molecule has 0 aliphatic carbocycles. The van der Waals surface area contributed by atoms with Gasteiger partial charge in [0.05, 0.1) is 18.7 Å². The molecule has 4 nitrogen and oxygen atoms in total. The SMILES string of the molecule is Cc1c(Br)c2ccccn2c1C1(C(=O)O)COC1. The van der Waals surface area contributed by atoms with Crippen LogP contribution < -0.4 is 0 Å². The molecule has 3 rings (SSSR count). The minimum atomic E-state index is -0.916. The molecule has 0 amide bonds. The Morgan fingerprint density at radius 2 is 2.22 bits per heavy atom. The van der Waals surface area contributed by atoms with Gasteiger partial charge in [0.1, 0.15) is 0 Å². The molecule has 5 heteroatoms. The minimum Gasteiger partial charge on any atom is -0.480 e. The summed E-state index contributed by atoms with van der Waals surface area (Å²) in [6.45, 7) is 2.41. The van der Waals surface area contributed by atoms with Crippen LogP contribution >= 0.6 is 15.9 Å². The highest BCUT2D eigenvalue weighted by Crippen LogP contribution is 2.40. The Morgan fingerprint density at radius 3 is 2.78 bits per heavy atom. The number of nitrogens with zero attached hydrogens (tertiary/aromatic N) is 1. The third kappa shape index (κ3) is 1.31. The van der Waals surface area contributed by atoms with E-state index >= 15 is 0 Å². The first kappa shape index (κ1) is 11.7. The maximum Gasteiger partial charge on any atom is 0.320 e. The number of ether oxygens (including phenoxy) is 1. The van der Waals surface area contributed by atoms with Crippen molar-refractivity contribution >= 4 is 27.4 Å². The van der Waals surface area contributed by atoms with Crippen LogP contribution in [0.4, 0.5) is 0 Å². The Kier molecular flexibility index (Phi) is 2.50. The fraction of sp³-hybridized carbons (Fsp3) is 0.308. The Bertz CT molecular complexity index is 643. The number of aliphatic carboxylic acids is 1. The van der Waals surface area contributed by atoms with Crippen molar-refractivity contribution in [1.82, 2.24) is 4.40 Å². The Balaban J connectivity index is 2.35. The van der Waals surface area contributed by atoms with Crippen molar-refractivity contribution in [1.29, 1.82) is 0 Å². The van der Waals surface area contributed by atoms with Gasteiger partial charge in [0.2, 0.25) is 0 Å². The van der Waals surface area contributed by atoms with Crippen molar-refractivity contribution in [2.75, 3.05) is 13.2 Å². The summed E-state index contributed by atoms with van der Waals surface area (Å²) in [6.07, 6.45) is 1.89. The van der Waals surface area contributed by atoms with E-state index in [0.717, 1.165) is 21.2 Å².